The minimum atomic E-state index is -4.71. The van der Waals surface area contributed by atoms with E-state index in [9.17, 15) is 26.4 Å². The van der Waals surface area contributed by atoms with E-state index in [0.29, 0.717) is 29.8 Å². The number of nitrogens with one attached hydrogen (secondary N) is 1. The molecule has 0 aromatic heterocycles. The third-order valence-electron chi connectivity index (χ3n) is 6.07. The summed E-state index contributed by atoms with van der Waals surface area (Å²) < 4.78 is 84.5. The minimum absolute atomic E-state index is 0.102. The second-order valence-corrected chi connectivity index (χ2v) is 10.8. The number of carbonyl (C=O) groups excluding carboxylic acids is 1. The van der Waals surface area contributed by atoms with Crippen molar-refractivity contribution in [3.05, 3.63) is 77.9 Å². The van der Waals surface area contributed by atoms with Gasteiger partial charge in [0.1, 0.15) is 12.3 Å². The highest BCUT2D eigenvalue weighted by Crippen LogP contribution is 2.35. The van der Waals surface area contributed by atoms with E-state index < -0.39 is 34.2 Å². The molecule has 0 aliphatic rings. The summed E-state index contributed by atoms with van der Waals surface area (Å²) in [6, 6.07) is 15.1. The van der Waals surface area contributed by atoms with Crippen LogP contribution >= 0.6 is 0 Å². The molecule has 0 heterocycles. The van der Waals surface area contributed by atoms with Gasteiger partial charge < -0.3 is 19.5 Å². The molecule has 0 aliphatic heterocycles. The van der Waals surface area contributed by atoms with Crippen LogP contribution < -0.4 is 23.8 Å². The number of anilines is 1. The molecule has 0 radical (unpaired) electrons. The van der Waals surface area contributed by atoms with Crippen molar-refractivity contribution in [3.63, 3.8) is 0 Å². The predicted molar refractivity (Wildman–Crippen MR) is 149 cm³/mol. The lowest BCUT2D eigenvalue weighted by atomic mass is 10.1. The van der Waals surface area contributed by atoms with E-state index in [1.54, 1.807) is 0 Å². The molecule has 0 bridgehead atoms. The van der Waals surface area contributed by atoms with Crippen molar-refractivity contribution in [2.75, 3.05) is 38.2 Å². The highest BCUT2D eigenvalue weighted by molar-refractivity contribution is 7.92. The number of benzene rings is 3. The number of rotatable bonds is 14. The van der Waals surface area contributed by atoms with E-state index in [-0.39, 0.29) is 28.6 Å². The number of carbonyl (C=O) groups is 1. The maximum Gasteiger partial charge on any atom is 0.416 e. The molecular formula is C29H33F3N2O6S. The average molecular weight is 595 g/mol. The smallest absolute Gasteiger partial charge is 0.416 e. The minimum Gasteiger partial charge on any atom is -0.493 e. The number of sulfonamides is 1. The van der Waals surface area contributed by atoms with Crippen LogP contribution in [0.15, 0.2) is 71.6 Å². The second-order valence-electron chi connectivity index (χ2n) is 8.99. The van der Waals surface area contributed by atoms with Gasteiger partial charge in [0, 0.05) is 12.6 Å². The number of para-hydroxylation sites is 1. The third-order valence-corrected chi connectivity index (χ3v) is 7.84. The number of ether oxygens (including phenoxy) is 3. The number of hydrogen-bond donors (Lipinski definition) is 1. The number of amides is 1. The highest BCUT2D eigenvalue weighted by atomic mass is 32.2. The van der Waals surface area contributed by atoms with Crippen LogP contribution in [0.2, 0.25) is 0 Å². The molecule has 0 spiro atoms. The number of nitrogens with zero attached hydrogens (tertiary/aromatic N) is 1. The number of methoxy groups -OCH3 is 2. The molecule has 3 aromatic rings. The molecule has 0 aliphatic carbocycles. The third kappa shape index (κ3) is 8.29. The molecule has 0 saturated carbocycles. The predicted octanol–water partition coefficient (Wildman–Crippen LogP) is 5.46. The Hall–Kier alpha value is -3.93. The van der Waals surface area contributed by atoms with Crippen LogP contribution in [0, 0.1) is 0 Å². The quantitative estimate of drug-likeness (QED) is 0.249. The Bertz CT molecular complexity index is 1430. The Labute approximate surface area is 238 Å². The van der Waals surface area contributed by atoms with E-state index in [0.717, 1.165) is 29.9 Å². The first-order valence-corrected chi connectivity index (χ1v) is 14.3. The van der Waals surface area contributed by atoms with Gasteiger partial charge in [-0.15, -0.1) is 0 Å². The number of halogens is 3. The maximum atomic E-state index is 13.7. The van der Waals surface area contributed by atoms with Crippen LogP contribution in [0.1, 0.15) is 30.9 Å². The molecule has 0 unspecified atom stereocenters. The summed E-state index contributed by atoms with van der Waals surface area (Å²) in [4.78, 5) is 12.6. The molecule has 3 aromatic carbocycles. The van der Waals surface area contributed by atoms with Crippen molar-refractivity contribution < 1.29 is 40.6 Å². The van der Waals surface area contributed by atoms with Crippen LogP contribution in [0.5, 0.6) is 17.2 Å². The zero-order chi connectivity index (χ0) is 30.0. The van der Waals surface area contributed by atoms with E-state index >= 15 is 0 Å². The Kier molecular flexibility index (Phi) is 10.9. The van der Waals surface area contributed by atoms with Gasteiger partial charge in [-0.25, -0.2) is 8.42 Å². The zero-order valence-corrected chi connectivity index (χ0v) is 23.8. The summed E-state index contributed by atoms with van der Waals surface area (Å²) in [6.07, 6.45) is -2.72. The molecule has 1 N–H and O–H groups in total. The molecule has 0 atom stereocenters. The molecule has 41 heavy (non-hydrogen) atoms. The van der Waals surface area contributed by atoms with Crippen molar-refractivity contribution in [2.45, 2.75) is 37.3 Å². The van der Waals surface area contributed by atoms with Gasteiger partial charge in [-0.3, -0.25) is 9.10 Å². The molecule has 0 fully saturated rings. The first kappa shape index (κ1) is 31.6. The fourth-order valence-electron chi connectivity index (χ4n) is 4.01. The molecule has 0 saturated heterocycles. The topological polar surface area (TPSA) is 94.2 Å². The first-order valence-electron chi connectivity index (χ1n) is 12.9. The van der Waals surface area contributed by atoms with E-state index in [1.807, 2.05) is 31.2 Å². The lowest BCUT2D eigenvalue weighted by Gasteiger charge is -2.25. The standard InChI is InChI=1S/C29H33F3N2O6S/c1-4-17-40-25-13-6-5-9-21(25)10-8-16-33-28(35)20-34(23-12-7-11-22(18-23)29(30,31)32)41(36,37)24-14-15-26(38-2)27(19-24)39-3/h5-7,9,11-15,18-19H,4,8,10,16-17,20H2,1-3H3,(H,33,35). The first-order chi connectivity index (χ1) is 19.5. The van der Waals surface area contributed by atoms with Gasteiger partial charge in [0.25, 0.3) is 10.0 Å². The van der Waals surface area contributed by atoms with Crippen molar-refractivity contribution in [2.24, 2.45) is 0 Å². The second kappa shape index (κ2) is 14.1. The Morgan fingerprint density at radius 2 is 1.66 bits per heavy atom. The number of hydrogen-bond acceptors (Lipinski definition) is 6. The van der Waals surface area contributed by atoms with Crippen LogP contribution in [-0.4, -0.2) is 48.2 Å². The van der Waals surface area contributed by atoms with Crippen molar-refractivity contribution >= 4 is 21.6 Å². The largest absolute Gasteiger partial charge is 0.493 e. The van der Waals surface area contributed by atoms with Gasteiger partial charge in [-0.05, 0) is 61.2 Å². The van der Waals surface area contributed by atoms with Gasteiger partial charge in [0.05, 0.1) is 37.0 Å². The Morgan fingerprint density at radius 1 is 0.927 bits per heavy atom. The zero-order valence-electron chi connectivity index (χ0n) is 23.0. The summed E-state index contributed by atoms with van der Waals surface area (Å²) in [7, 11) is -1.81. The fraction of sp³-hybridized carbons (Fsp3) is 0.345. The monoisotopic (exact) mass is 594 g/mol. The summed E-state index contributed by atoms with van der Waals surface area (Å²) in [5.41, 5.74) is -0.393. The van der Waals surface area contributed by atoms with Gasteiger partial charge >= 0.3 is 6.18 Å². The Balaban J connectivity index is 1.82. The lowest BCUT2D eigenvalue weighted by Crippen LogP contribution is -2.41. The van der Waals surface area contributed by atoms with Gasteiger partial charge in [0.2, 0.25) is 5.91 Å². The molecule has 1 amide bonds. The Morgan fingerprint density at radius 3 is 2.34 bits per heavy atom. The van der Waals surface area contributed by atoms with Crippen LogP contribution in [0.3, 0.4) is 0 Å². The SMILES string of the molecule is CCCOc1ccccc1CCCNC(=O)CN(c1cccc(C(F)(F)F)c1)S(=O)(=O)c1ccc(OC)c(OC)c1. The van der Waals surface area contributed by atoms with Gasteiger partial charge in [-0.2, -0.15) is 13.2 Å². The molecule has 8 nitrogen and oxygen atoms in total. The van der Waals surface area contributed by atoms with Crippen molar-refractivity contribution in [1.82, 2.24) is 5.32 Å². The van der Waals surface area contributed by atoms with Crippen LogP contribution in [0.4, 0.5) is 18.9 Å². The maximum absolute atomic E-state index is 13.7. The van der Waals surface area contributed by atoms with Crippen molar-refractivity contribution in [3.8, 4) is 17.2 Å². The molecular weight excluding hydrogens is 561 g/mol. The summed E-state index contributed by atoms with van der Waals surface area (Å²) in [6.45, 7) is 2.06. The fourth-order valence-corrected chi connectivity index (χ4v) is 5.44. The lowest BCUT2D eigenvalue weighted by molar-refractivity contribution is -0.137. The number of aryl methyl sites for hydroxylation is 1. The summed E-state index contributed by atoms with van der Waals surface area (Å²) in [5, 5.41) is 2.67. The molecule has 12 heteroatoms. The van der Waals surface area contributed by atoms with E-state index in [1.165, 1.54) is 38.5 Å². The van der Waals surface area contributed by atoms with Crippen LogP contribution in [0.25, 0.3) is 0 Å². The normalized spacial score (nSPS) is 11.6. The van der Waals surface area contributed by atoms with Crippen LogP contribution in [-0.2, 0) is 27.4 Å². The average Bonchev–Trinajstić information content (AvgIpc) is 2.96. The molecule has 222 valence electrons. The summed E-state index contributed by atoms with van der Waals surface area (Å²) in [5.74, 6) is 0.445. The van der Waals surface area contributed by atoms with E-state index in [4.69, 9.17) is 14.2 Å². The highest BCUT2D eigenvalue weighted by Gasteiger charge is 2.33. The van der Waals surface area contributed by atoms with Crippen molar-refractivity contribution in [1.29, 1.82) is 0 Å². The summed E-state index contributed by atoms with van der Waals surface area (Å²) >= 11 is 0. The number of alkyl halides is 3. The van der Waals surface area contributed by atoms with Gasteiger partial charge in [-0.1, -0.05) is 31.2 Å². The molecule has 3 rings (SSSR count). The van der Waals surface area contributed by atoms with Gasteiger partial charge in [0.15, 0.2) is 11.5 Å². The van der Waals surface area contributed by atoms with E-state index in [2.05, 4.69) is 5.32 Å².